The largest absolute Gasteiger partial charge is 0.311 e. The highest BCUT2D eigenvalue weighted by molar-refractivity contribution is 6.36. The Morgan fingerprint density at radius 3 is 2.45 bits per heavy atom. The number of pyridine rings is 1. The molecule has 4 heteroatoms. The Labute approximate surface area is 130 Å². The fraction of sp³-hybridized carbons (Fsp3) is 0.312. The molecule has 1 N–H and O–H groups in total. The number of halogens is 2. The molecule has 2 nitrogen and oxygen atoms in total. The van der Waals surface area contributed by atoms with Crippen LogP contribution in [0.5, 0.6) is 0 Å². The van der Waals surface area contributed by atoms with Gasteiger partial charge in [-0.1, -0.05) is 42.3 Å². The predicted octanol–water partition coefficient (Wildman–Crippen LogP) is 4.45. The third kappa shape index (κ3) is 3.32. The minimum absolute atomic E-state index is 0.101. The van der Waals surface area contributed by atoms with Gasteiger partial charge in [-0.2, -0.15) is 0 Å². The molecule has 20 heavy (non-hydrogen) atoms. The second-order valence-corrected chi connectivity index (χ2v) is 5.46. The number of hydrogen-bond acceptors (Lipinski definition) is 2. The van der Waals surface area contributed by atoms with Crippen LogP contribution in [0, 0.1) is 0 Å². The molecule has 2 aromatic rings. The molecule has 106 valence electrons. The molecule has 0 saturated heterocycles. The fourth-order valence-electron chi connectivity index (χ4n) is 2.33. The van der Waals surface area contributed by atoms with Crippen molar-refractivity contribution in [3.63, 3.8) is 0 Å². The Morgan fingerprint density at radius 1 is 1.15 bits per heavy atom. The maximum absolute atomic E-state index is 6.26. The highest BCUT2D eigenvalue weighted by atomic mass is 35.5. The molecule has 0 saturated carbocycles. The standard InChI is InChI=1S/C16H18Cl2N2/c1-3-11-6-5-9-20-16(11)15(19-2)10-12-13(17)7-4-8-14(12)18/h4-9,15,19H,3,10H2,1-2H3. The van der Waals surface area contributed by atoms with E-state index >= 15 is 0 Å². The number of aromatic nitrogens is 1. The molecule has 1 heterocycles. The van der Waals surface area contributed by atoms with E-state index in [4.69, 9.17) is 23.2 Å². The lowest BCUT2D eigenvalue weighted by Gasteiger charge is -2.19. The lowest BCUT2D eigenvalue weighted by atomic mass is 9.98. The van der Waals surface area contributed by atoms with Gasteiger partial charge in [-0.3, -0.25) is 4.98 Å². The van der Waals surface area contributed by atoms with E-state index in [-0.39, 0.29) is 6.04 Å². The molecule has 1 aromatic carbocycles. The summed E-state index contributed by atoms with van der Waals surface area (Å²) < 4.78 is 0. The van der Waals surface area contributed by atoms with Gasteiger partial charge < -0.3 is 5.32 Å². The normalized spacial score (nSPS) is 12.4. The molecular formula is C16H18Cl2N2. The van der Waals surface area contributed by atoms with Crippen LogP contribution in [0.2, 0.25) is 10.0 Å². The van der Waals surface area contributed by atoms with Gasteiger partial charge in [0.2, 0.25) is 0 Å². The van der Waals surface area contributed by atoms with E-state index in [9.17, 15) is 0 Å². The minimum atomic E-state index is 0.101. The summed E-state index contributed by atoms with van der Waals surface area (Å²) in [4.78, 5) is 4.53. The Kier molecular flexibility index (Phi) is 5.41. The van der Waals surface area contributed by atoms with E-state index in [1.165, 1.54) is 5.56 Å². The second kappa shape index (κ2) is 7.07. The van der Waals surface area contributed by atoms with E-state index in [2.05, 4.69) is 23.3 Å². The first kappa shape index (κ1) is 15.3. The molecule has 0 amide bonds. The maximum Gasteiger partial charge on any atom is 0.0608 e. The molecule has 0 fully saturated rings. The zero-order chi connectivity index (χ0) is 14.5. The lowest BCUT2D eigenvalue weighted by molar-refractivity contribution is 0.570. The van der Waals surface area contributed by atoms with Gasteiger partial charge in [0.05, 0.1) is 11.7 Å². The quantitative estimate of drug-likeness (QED) is 0.882. The van der Waals surface area contributed by atoms with Crippen LogP contribution in [0.25, 0.3) is 0 Å². The van der Waals surface area contributed by atoms with Crippen molar-refractivity contribution in [1.82, 2.24) is 10.3 Å². The summed E-state index contributed by atoms with van der Waals surface area (Å²) in [5.41, 5.74) is 3.27. The van der Waals surface area contributed by atoms with E-state index in [0.29, 0.717) is 10.0 Å². The number of hydrogen-bond donors (Lipinski definition) is 1. The fourth-order valence-corrected chi connectivity index (χ4v) is 2.88. The van der Waals surface area contributed by atoms with Crippen LogP contribution in [0.1, 0.15) is 29.8 Å². The van der Waals surface area contributed by atoms with Gasteiger partial charge in [-0.15, -0.1) is 0 Å². The van der Waals surface area contributed by atoms with Crippen molar-refractivity contribution in [2.45, 2.75) is 25.8 Å². The van der Waals surface area contributed by atoms with Crippen molar-refractivity contribution in [1.29, 1.82) is 0 Å². The Hall–Kier alpha value is -1.09. The number of rotatable bonds is 5. The molecule has 0 aliphatic rings. The Morgan fingerprint density at radius 2 is 1.85 bits per heavy atom. The third-order valence-electron chi connectivity index (χ3n) is 3.46. The summed E-state index contributed by atoms with van der Waals surface area (Å²) in [6, 6.07) is 9.78. The molecule has 2 rings (SSSR count). The first-order valence-corrected chi connectivity index (χ1v) is 7.46. The zero-order valence-corrected chi connectivity index (χ0v) is 13.2. The molecule has 1 aromatic heterocycles. The van der Waals surface area contributed by atoms with Crippen molar-refractivity contribution in [3.05, 3.63) is 63.4 Å². The summed E-state index contributed by atoms with van der Waals surface area (Å²) >= 11 is 12.5. The molecule has 1 unspecified atom stereocenters. The van der Waals surface area contributed by atoms with E-state index in [1.54, 1.807) is 0 Å². The van der Waals surface area contributed by atoms with E-state index in [0.717, 1.165) is 24.1 Å². The SMILES string of the molecule is CCc1cccnc1C(Cc1c(Cl)cccc1Cl)NC. The highest BCUT2D eigenvalue weighted by Gasteiger charge is 2.17. The van der Waals surface area contributed by atoms with Gasteiger partial charge in [-0.25, -0.2) is 0 Å². The van der Waals surface area contributed by atoms with Crippen LogP contribution in [-0.4, -0.2) is 12.0 Å². The molecule has 0 aliphatic carbocycles. The average Bonchev–Trinajstić information content (AvgIpc) is 2.47. The smallest absolute Gasteiger partial charge is 0.0608 e. The summed E-state index contributed by atoms with van der Waals surface area (Å²) in [5.74, 6) is 0. The molecule has 0 radical (unpaired) electrons. The van der Waals surface area contributed by atoms with Crippen molar-refractivity contribution in [2.24, 2.45) is 0 Å². The zero-order valence-electron chi connectivity index (χ0n) is 11.7. The van der Waals surface area contributed by atoms with Crippen molar-refractivity contribution in [2.75, 3.05) is 7.05 Å². The average molecular weight is 309 g/mol. The van der Waals surface area contributed by atoms with Crippen LogP contribution >= 0.6 is 23.2 Å². The van der Waals surface area contributed by atoms with Crippen LogP contribution < -0.4 is 5.32 Å². The Balaban J connectivity index is 2.34. The van der Waals surface area contributed by atoms with Gasteiger partial charge in [0.1, 0.15) is 0 Å². The summed E-state index contributed by atoms with van der Waals surface area (Å²) in [5, 5.41) is 4.72. The number of likely N-dealkylation sites (N-methyl/N-ethyl adjacent to an activating group) is 1. The van der Waals surface area contributed by atoms with Gasteiger partial charge in [0, 0.05) is 16.2 Å². The van der Waals surface area contributed by atoms with Gasteiger partial charge in [0.25, 0.3) is 0 Å². The van der Waals surface area contributed by atoms with E-state index < -0.39 is 0 Å². The monoisotopic (exact) mass is 308 g/mol. The summed E-state index contributed by atoms with van der Waals surface area (Å²) in [6.07, 6.45) is 3.50. The van der Waals surface area contributed by atoms with E-state index in [1.807, 2.05) is 37.5 Å². The molecule has 0 bridgehead atoms. The van der Waals surface area contributed by atoms with Crippen LogP contribution in [0.4, 0.5) is 0 Å². The topological polar surface area (TPSA) is 24.9 Å². The summed E-state index contributed by atoms with van der Waals surface area (Å²) in [7, 11) is 1.93. The molecule has 0 spiro atoms. The van der Waals surface area contributed by atoms with Crippen molar-refractivity contribution in [3.8, 4) is 0 Å². The molecule has 0 aliphatic heterocycles. The predicted molar refractivity (Wildman–Crippen MR) is 85.6 cm³/mol. The number of benzene rings is 1. The minimum Gasteiger partial charge on any atom is -0.311 e. The number of aryl methyl sites for hydroxylation is 1. The molecule has 1 atom stereocenters. The Bertz CT molecular complexity index is 564. The maximum atomic E-state index is 6.26. The van der Waals surface area contributed by atoms with Crippen LogP contribution in [0.15, 0.2) is 36.5 Å². The van der Waals surface area contributed by atoms with Crippen molar-refractivity contribution < 1.29 is 0 Å². The second-order valence-electron chi connectivity index (χ2n) is 4.65. The van der Waals surface area contributed by atoms with Crippen LogP contribution in [-0.2, 0) is 12.8 Å². The van der Waals surface area contributed by atoms with Gasteiger partial charge >= 0.3 is 0 Å². The van der Waals surface area contributed by atoms with Gasteiger partial charge in [-0.05, 0) is 49.2 Å². The first-order chi connectivity index (χ1) is 9.67. The van der Waals surface area contributed by atoms with Gasteiger partial charge in [0.15, 0.2) is 0 Å². The number of nitrogens with zero attached hydrogens (tertiary/aromatic N) is 1. The highest BCUT2D eigenvalue weighted by Crippen LogP contribution is 2.29. The molecular weight excluding hydrogens is 291 g/mol. The third-order valence-corrected chi connectivity index (χ3v) is 4.16. The first-order valence-electron chi connectivity index (χ1n) is 6.71. The van der Waals surface area contributed by atoms with Crippen LogP contribution in [0.3, 0.4) is 0 Å². The van der Waals surface area contributed by atoms with Crippen molar-refractivity contribution >= 4 is 23.2 Å². The summed E-state index contributed by atoms with van der Waals surface area (Å²) in [6.45, 7) is 2.13. The number of nitrogens with one attached hydrogen (secondary N) is 1. The lowest BCUT2D eigenvalue weighted by Crippen LogP contribution is -2.21.